The van der Waals surface area contributed by atoms with E-state index in [0.717, 1.165) is 24.6 Å². The van der Waals surface area contributed by atoms with Gasteiger partial charge in [0, 0.05) is 31.4 Å². The van der Waals surface area contributed by atoms with Gasteiger partial charge in [0.05, 0.1) is 0 Å². The molecule has 1 saturated heterocycles. The molecule has 2 aromatic rings. The summed E-state index contributed by atoms with van der Waals surface area (Å²) in [7, 11) is 0. The number of aromatic nitrogens is 2. The van der Waals surface area contributed by atoms with E-state index in [0.29, 0.717) is 24.5 Å². The van der Waals surface area contributed by atoms with Crippen molar-refractivity contribution in [2.75, 3.05) is 29.9 Å². The Morgan fingerprint density at radius 1 is 1.18 bits per heavy atom. The molecule has 1 fully saturated rings. The maximum absolute atomic E-state index is 13.6. The molecule has 0 radical (unpaired) electrons. The highest BCUT2D eigenvalue weighted by Gasteiger charge is 2.15. The minimum atomic E-state index is -0.160. The van der Waals surface area contributed by atoms with Crippen molar-refractivity contribution in [3.63, 3.8) is 0 Å². The van der Waals surface area contributed by atoms with Crippen molar-refractivity contribution in [2.45, 2.75) is 26.2 Å². The highest BCUT2D eigenvalue weighted by Crippen LogP contribution is 2.19. The highest BCUT2D eigenvalue weighted by molar-refractivity contribution is 5.45. The van der Waals surface area contributed by atoms with Gasteiger partial charge in [-0.2, -0.15) is 4.98 Å². The lowest BCUT2D eigenvalue weighted by Gasteiger charge is -2.17. The van der Waals surface area contributed by atoms with Crippen LogP contribution in [0.25, 0.3) is 0 Å². The van der Waals surface area contributed by atoms with E-state index in [1.165, 1.54) is 18.9 Å². The Bertz CT molecular complexity index is 638. The van der Waals surface area contributed by atoms with Crippen LogP contribution in [0.5, 0.6) is 0 Å². The zero-order chi connectivity index (χ0) is 15.4. The molecule has 1 N–H and O–H groups in total. The highest BCUT2D eigenvalue weighted by atomic mass is 19.1. The van der Waals surface area contributed by atoms with Gasteiger partial charge in [0.2, 0.25) is 5.95 Å². The van der Waals surface area contributed by atoms with Crippen LogP contribution in [-0.2, 0) is 6.42 Å². The first-order valence-electron chi connectivity index (χ1n) is 7.80. The number of aryl methyl sites for hydroxylation is 1. The zero-order valence-electron chi connectivity index (χ0n) is 12.8. The van der Waals surface area contributed by atoms with Gasteiger partial charge in [-0.05, 0) is 37.8 Å². The van der Waals surface area contributed by atoms with E-state index in [2.05, 4.69) is 20.2 Å². The second-order valence-electron chi connectivity index (χ2n) is 5.65. The van der Waals surface area contributed by atoms with E-state index in [1.807, 2.05) is 25.1 Å². The first-order valence-corrected chi connectivity index (χ1v) is 7.80. The summed E-state index contributed by atoms with van der Waals surface area (Å²) in [4.78, 5) is 11.3. The Hall–Kier alpha value is -2.17. The minimum Gasteiger partial charge on any atom is -0.356 e. The third-order valence-electron chi connectivity index (χ3n) is 3.91. The van der Waals surface area contributed by atoms with E-state index in [9.17, 15) is 4.39 Å². The number of halogens is 1. The average Bonchev–Trinajstić information content (AvgIpc) is 3.03. The Kier molecular flexibility index (Phi) is 4.51. The number of benzene rings is 1. The summed E-state index contributed by atoms with van der Waals surface area (Å²) in [6, 6.07) is 8.88. The third-order valence-corrected chi connectivity index (χ3v) is 3.91. The van der Waals surface area contributed by atoms with E-state index in [-0.39, 0.29) is 5.82 Å². The zero-order valence-corrected chi connectivity index (χ0v) is 12.8. The fourth-order valence-electron chi connectivity index (χ4n) is 2.75. The normalized spacial score (nSPS) is 14.4. The van der Waals surface area contributed by atoms with Crippen LogP contribution in [0.3, 0.4) is 0 Å². The smallest absolute Gasteiger partial charge is 0.224 e. The van der Waals surface area contributed by atoms with Crippen LogP contribution in [0.4, 0.5) is 16.2 Å². The summed E-state index contributed by atoms with van der Waals surface area (Å²) in [5.41, 5.74) is 1.66. The van der Waals surface area contributed by atoms with E-state index < -0.39 is 0 Å². The Balaban J connectivity index is 1.63. The lowest BCUT2D eigenvalue weighted by Crippen LogP contribution is -2.20. The maximum atomic E-state index is 13.6. The number of rotatable bonds is 5. The number of nitrogens with zero attached hydrogens (tertiary/aromatic N) is 3. The van der Waals surface area contributed by atoms with Gasteiger partial charge in [0.15, 0.2) is 0 Å². The van der Waals surface area contributed by atoms with Gasteiger partial charge in [-0.15, -0.1) is 0 Å². The van der Waals surface area contributed by atoms with Crippen LogP contribution in [0.1, 0.15) is 24.1 Å². The standard InChI is InChI=1S/C17H21FN4/c1-13-12-16(22-10-4-5-11-22)21-17(20-13)19-9-8-14-6-2-3-7-15(14)18/h2-3,6-7,12H,4-5,8-11H2,1H3,(H,19,20,21). The summed E-state index contributed by atoms with van der Waals surface area (Å²) in [6.45, 7) is 4.71. The monoisotopic (exact) mass is 300 g/mol. The second-order valence-corrected chi connectivity index (χ2v) is 5.65. The van der Waals surface area contributed by atoms with Gasteiger partial charge in [0.1, 0.15) is 11.6 Å². The third kappa shape index (κ3) is 3.53. The van der Waals surface area contributed by atoms with Crippen molar-refractivity contribution in [3.05, 3.63) is 47.4 Å². The molecule has 0 amide bonds. The molecule has 5 heteroatoms. The SMILES string of the molecule is Cc1cc(N2CCCC2)nc(NCCc2ccccc2F)n1. The lowest BCUT2D eigenvalue weighted by atomic mass is 10.1. The topological polar surface area (TPSA) is 41.1 Å². The second kappa shape index (κ2) is 6.73. The molecule has 1 aromatic carbocycles. The fraction of sp³-hybridized carbons (Fsp3) is 0.412. The van der Waals surface area contributed by atoms with Crippen molar-refractivity contribution >= 4 is 11.8 Å². The van der Waals surface area contributed by atoms with Crippen LogP contribution < -0.4 is 10.2 Å². The Morgan fingerprint density at radius 2 is 1.95 bits per heavy atom. The molecule has 116 valence electrons. The molecule has 0 aliphatic carbocycles. The van der Waals surface area contributed by atoms with Gasteiger partial charge in [0.25, 0.3) is 0 Å². The molecule has 0 atom stereocenters. The van der Waals surface area contributed by atoms with E-state index in [4.69, 9.17) is 0 Å². The predicted octanol–water partition coefficient (Wildman–Crippen LogP) is 3.18. The van der Waals surface area contributed by atoms with Gasteiger partial charge < -0.3 is 10.2 Å². The van der Waals surface area contributed by atoms with Crippen LogP contribution in [0, 0.1) is 12.7 Å². The summed E-state index contributed by atoms with van der Waals surface area (Å²) in [6.07, 6.45) is 3.06. The maximum Gasteiger partial charge on any atom is 0.224 e. The molecule has 4 nitrogen and oxygen atoms in total. The molecule has 0 unspecified atom stereocenters. The van der Waals surface area contributed by atoms with Crippen molar-refractivity contribution in [3.8, 4) is 0 Å². The molecule has 1 aliphatic heterocycles. The molecule has 0 spiro atoms. The van der Waals surface area contributed by atoms with Gasteiger partial charge >= 0.3 is 0 Å². The molecule has 3 rings (SSSR count). The molecule has 0 bridgehead atoms. The molecular formula is C17H21FN4. The number of anilines is 2. The predicted molar refractivity (Wildman–Crippen MR) is 86.8 cm³/mol. The summed E-state index contributed by atoms with van der Waals surface area (Å²) < 4.78 is 13.6. The van der Waals surface area contributed by atoms with Crippen LogP contribution >= 0.6 is 0 Å². The molecule has 1 aromatic heterocycles. The summed E-state index contributed by atoms with van der Waals surface area (Å²) in [5, 5.41) is 3.21. The van der Waals surface area contributed by atoms with Crippen molar-refractivity contribution in [2.24, 2.45) is 0 Å². The Morgan fingerprint density at radius 3 is 2.73 bits per heavy atom. The number of hydrogen-bond acceptors (Lipinski definition) is 4. The van der Waals surface area contributed by atoms with Gasteiger partial charge in [-0.25, -0.2) is 9.37 Å². The van der Waals surface area contributed by atoms with Crippen molar-refractivity contribution < 1.29 is 4.39 Å². The van der Waals surface area contributed by atoms with Gasteiger partial charge in [-0.3, -0.25) is 0 Å². The average molecular weight is 300 g/mol. The quantitative estimate of drug-likeness (QED) is 0.921. The van der Waals surface area contributed by atoms with E-state index >= 15 is 0 Å². The molecule has 0 saturated carbocycles. The minimum absolute atomic E-state index is 0.160. The molecular weight excluding hydrogens is 279 g/mol. The lowest BCUT2D eigenvalue weighted by molar-refractivity contribution is 0.610. The van der Waals surface area contributed by atoms with Crippen molar-refractivity contribution in [1.29, 1.82) is 0 Å². The first-order chi connectivity index (χ1) is 10.7. The van der Waals surface area contributed by atoms with Gasteiger partial charge in [-0.1, -0.05) is 18.2 Å². The molecule has 2 heterocycles. The first kappa shape index (κ1) is 14.8. The molecule has 22 heavy (non-hydrogen) atoms. The van der Waals surface area contributed by atoms with E-state index in [1.54, 1.807) is 6.07 Å². The van der Waals surface area contributed by atoms with Crippen LogP contribution in [-0.4, -0.2) is 29.6 Å². The fourth-order valence-corrected chi connectivity index (χ4v) is 2.75. The van der Waals surface area contributed by atoms with Crippen LogP contribution in [0.15, 0.2) is 30.3 Å². The van der Waals surface area contributed by atoms with Crippen LogP contribution in [0.2, 0.25) is 0 Å². The Labute approximate surface area is 130 Å². The summed E-state index contributed by atoms with van der Waals surface area (Å²) >= 11 is 0. The largest absolute Gasteiger partial charge is 0.356 e. The summed E-state index contributed by atoms with van der Waals surface area (Å²) in [5.74, 6) is 1.45. The molecule has 1 aliphatic rings. The number of hydrogen-bond donors (Lipinski definition) is 1. The number of nitrogens with one attached hydrogen (secondary N) is 1. The van der Waals surface area contributed by atoms with Crippen molar-refractivity contribution in [1.82, 2.24) is 9.97 Å².